The van der Waals surface area contributed by atoms with Gasteiger partial charge in [0, 0.05) is 24.5 Å². The first kappa shape index (κ1) is 21.2. The van der Waals surface area contributed by atoms with Gasteiger partial charge in [0.15, 0.2) is 0 Å². The van der Waals surface area contributed by atoms with Crippen molar-refractivity contribution in [2.24, 2.45) is 5.92 Å². The molecule has 1 saturated heterocycles. The summed E-state index contributed by atoms with van der Waals surface area (Å²) in [5.74, 6) is 0.416. The van der Waals surface area contributed by atoms with Crippen LogP contribution >= 0.6 is 0 Å². The second-order valence-electron chi connectivity index (χ2n) is 8.01. The zero-order valence-electron chi connectivity index (χ0n) is 17.8. The normalized spacial score (nSPS) is 20.3. The maximum absolute atomic E-state index is 12.7. The van der Waals surface area contributed by atoms with E-state index in [0.717, 1.165) is 37.4 Å². The predicted molar refractivity (Wildman–Crippen MR) is 115 cm³/mol. The Hall–Kier alpha value is -2.50. The molecular formula is C23H33N3O3. The summed E-state index contributed by atoms with van der Waals surface area (Å²) in [7, 11) is 0. The fourth-order valence-electron chi connectivity index (χ4n) is 4.01. The van der Waals surface area contributed by atoms with Crippen molar-refractivity contribution in [2.45, 2.75) is 58.9 Å². The van der Waals surface area contributed by atoms with Crippen molar-refractivity contribution < 1.29 is 14.3 Å². The highest BCUT2D eigenvalue weighted by Gasteiger charge is 2.33. The average Bonchev–Trinajstić information content (AvgIpc) is 2.72. The van der Waals surface area contributed by atoms with Crippen LogP contribution in [0, 0.1) is 5.92 Å². The fourth-order valence-corrected chi connectivity index (χ4v) is 4.01. The van der Waals surface area contributed by atoms with Crippen LogP contribution in [0.3, 0.4) is 0 Å². The van der Waals surface area contributed by atoms with E-state index < -0.39 is 6.04 Å². The van der Waals surface area contributed by atoms with Gasteiger partial charge in [0.1, 0.15) is 0 Å². The highest BCUT2D eigenvalue weighted by atomic mass is 16.5. The molecule has 0 spiro atoms. The third-order valence-corrected chi connectivity index (χ3v) is 5.80. The molecule has 0 aliphatic carbocycles. The molecule has 2 aliphatic rings. The number of ether oxygens (including phenoxy) is 1. The van der Waals surface area contributed by atoms with Crippen LogP contribution in [0.25, 0.3) is 0 Å². The number of esters is 1. The molecule has 3 rings (SSSR count). The first-order valence-corrected chi connectivity index (χ1v) is 10.9. The second-order valence-corrected chi connectivity index (χ2v) is 8.01. The zero-order valence-corrected chi connectivity index (χ0v) is 17.8. The summed E-state index contributed by atoms with van der Waals surface area (Å²) < 4.78 is 5.31. The van der Waals surface area contributed by atoms with Gasteiger partial charge in [-0.2, -0.15) is 0 Å². The number of carbonyl (C=O) groups is 2. The Labute approximate surface area is 173 Å². The van der Waals surface area contributed by atoms with Gasteiger partial charge in [0.05, 0.1) is 18.2 Å². The Bertz CT molecular complexity index is 749. The monoisotopic (exact) mass is 399 g/mol. The van der Waals surface area contributed by atoms with E-state index in [-0.39, 0.29) is 12.0 Å². The topological polar surface area (TPSA) is 70.7 Å². The summed E-state index contributed by atoms with van der Waals surface area (Å²) in [5.41, 5.74) is 3.27. The number of rotatable bonds is 7. The third-order valence-electron chi connectivity index (χ3n) is 5.80. The number of nitrogens with one attached hydrogen (secondary N) is 2. The number of urea groups is 1. The van der Waals surface area contributed by atoms with Crippen LogP contribution in [0.4, 0.5) is 10.5 Å². The molecule has 1 fully saturated rings. The van der Waals surface area contributed by atoms with Crippen molar-refractivity contribution in [1.29, 1.82) is 0 Å². The smallest absolute Gasteiger partial charge is 0.338 e. The SMILES string of the molecule is CCCCC1=C(C(=O)OCC)C(c2ccc(N3CCC(C)CC3)cc2)NC(=O)N1. The van der Waals surface area contributed by atoms with Gasteiger partial charge in [-0.15, -0.1) is 0 Å². The number of allylic oxidation sites excluding steroid dienone is 1. The lowest BCUT2D eigenvalue weighted by Gasteiger charge is -2.33. The molecule has 0 bridgehead atoms. The summed E-state index contributed by atoms with van der Waals surface area (Å²) in [5, 5.41) is 5.74. The van der Waals surface area contributed by atoms with Crippen molar-refractivity contribution in [3.63, 3.8) is 0 Å². The number of amides is 2. The van der Waals surface area contributed by atoms with Crippen LogP contribution in [-0.4, -0.2) is 31.7 Å². The molecule has 29 heavy (non-hydrogen) atoms. The standard InChI is InChI=1S/C23H33N3O3/c1-4-6-7-19-20(22(27)29-5-2)21(25-23(28)24-19)17-8-10-18(11-9-17)26-14-12-16(3)13-15-26/h8-11,16,21H,4-7,12-15H2,1-3H3,(H2,24,25,28). The zero-order chi connectivity index (χ0) is 20.8. The van der Waals surface area contributed by atoms with Gasteiger partial charge < -0.3 is 20.3 Å². The molecule has 6 nitrogen and oxygen atoms in total. The maximum Gasteiger partial charge on any atom is 0.338 e. The van der Waals surface area contributed by atoms with E-state index >= 15 is 0 Å². The quantitative estimate of drug-likeness (QED) is 0.671. The summed E-state index contributed by atoms with van der Waals surface area (Å²) in [4.78, 5) is 27.4. The minimum Gasteiger partial charge on any atom is -0.463 e. The van der Waals surface area contributed by atoms with Crippen LogP contribution in [0.1, 0.15) is 64.5 Å². The Kier molecular flexibility index (Phi) is 7.18. The van der Waals surface area contributed by atoms with E-state index in [0.29, 0.717) is 24.3 Å². The minimum absolute atomic E-state index is 0.275. The van der Waals surface area contributed by atoms with Gasteiger partial charge >= 0.3 is 12.0 Å². The molecule has 6 heteroatoms. The van der Waals surface area contributed by atoms with Crippen molar-refractivity contribution in [2.75, 3.05) is 24.6 Å². The summed E-state index contributed by atoms with van der Waals surface area (Å²) >= 11 is 0. The number of benzene rings is 1. The van der Waals surface area contributed by atoms with Crippen molar-refractivity contribution in [3.05, 3.63) is 41.1 Å². The van der Waals surface area contributed by atoms with Crippen LogP contribution < -0.4 is 15.5 Å². The summed E-state index contributed by atoms with van der Waals surface area (Å²) in [6.45, 7) is 8.63. The third kappa shape index (κ3) is 5.11. The number of unbranched alkanes of at least 4 members (excludes halogenated alkanes) is 1. The lowest BCUT2D eigenvalue weighted by molar-refractivity contribution is -0.139. The van der Waals surface area contributed by atoms with Crippen molar-refractivity contribution in [3.8, 4) is 0 Å². The number of piperidine rings is 1. The summed E-state index contributed by atoms with van der Waals surface area (Å²) in [6.07, 6.45) is 4.96. The molecule has 1 atom stereocenters. The van der Waals surface area contributed by atoms with Crippen molar-refractivity contribution >= 4 is 17.7 Å². The summed E-state index contributed by atoms with van der Waals surface area (Å²) in [6, 6.07) is 7.44. The van der Waals surface area contributed by atoms with Gasteiger partial charge in [-0.1, -0.05) is 32.4 Å². The lowest BCUT2D eigenvalue weighted by Crippen LogP contribution is -2.46. The van der Waals surface area contributed by atoms with E-state index in [1.807, 2.05) is 12.1 Å². The minimum atomic E-state index is -0.495. The van der Waals surface area contributed by atoms with Crippen molar-refractivity contribution in [1.82, 2.24) is 10.6 Å². The van der Waals surface area contributed by atoms with Crippen LogP contribution in [0.15, 0.2) is 35.5 Å². The molecular weight excluding hydrogens is 366 g/mol. The predicted octanol–water partition coefficient (Wildman–Crippen LogP) is 4.28. The molecule has 2 N–H and O–H groups in total. The molecule has 2 amide bonds. The Morgan fingerprint density at radius 1 is 1.17 bits per heavy atom. The number of carbonyl (C=O) groups excluding carboxylic acids is 2. The molecule has 2 heterocycles. The average molecular weight is 400 g/mol. The maximum atomic E-state index is 12.7. The molecule has 0 aromatic heterocycles. The van der Waals surface area contributed by atoms with Crippen LogP contribution in [-0.2, 0) is 9.53 Å². The van der Waals surface area contributed by atoms with E-state index in [9.17, 15) is 9.59 Å². The van der Waals surface area contributed by atoms with Gasteiger partial charge in [-0.25, -0.2) is 9.59 Å². The molecule has 158 valence electrons. The first-order chi connectivity index (χ1) is 14.0. The molecule has 1 aromatic carbocycles. The van der Waals surface area contributed by atoms with E-state index in [4.69, 9.17) is 4.74 Å². The number of hydrogen-bond acceptors (Lipinski definition) is 4. The lowest BCUT2D eigenvalue weighted by atomic mass is 9.93. The molecule has 0 saturated carbocycles. The molecule has 1 aromatic rings. The number of anilines is 1. The van der Waals surface area contributed by atoms with Gasteiger partial charge in [-0.05, 0) is 56.2 Å². The Morgan fingerprint density at radius 2 is 1.86 bits per heavy atom. The number of hydrogen-bond donors (Lipinski definition) is 2. The largest absolute Gasteiger partial charge is 0.463 e. The first-order valence-electron chi connectivity index (χ1n) is 10.9. The molecule has 1 unspecified atom stereocenters. The fraction of sp³-hybridized carbons (Fsp3) is 0.565. The second kappa shape index (κ2) is 9.81. The highest BCUT2D eigenvalue weighted by molar-refractivity contribution is 5.95. The molecule has 2 aliphatic heterocycles. The molecule has 0 radical (unpaired) electrons. The Balaban J connectivity index is 1.87. The highest BCUT2D eigenvalue weighted by Crippen LogP contribution is 2.31. The Morgan fingerprint density at radius 3 is 2.48 bits per heavy atom. The van der Waals surface area contributed by atoms with E-state index in [1.54, 1.807) is 6.92 Å². The van der Waals surface area contributed by atoms with Crippen LogP contribution in [0.2, 0.25) is 0 Å². The van der Waals surface area contributed by atoms with Gasteiger partial charge in [0.2, 0.25) is 0 Å². The van der Waals surface area contributed by atoms with E-state index in [2.05, 4.69) is 41.5 Å². The van der Waals surface area contributed by atoms with Gasteiger partial charge in [-0.3, -0.25) is 0 Å². The van der Waals surface area contributed by atoms with E-state index in [1.165, 1.54) is 18.5 Å². The van der Waals surface area contributed by atoms with Crippen LogP contribution in [0.5, 0.6) is 0 Å². The van der Waals surface area contributed by atoms with Gasteiger partial charge in [0.25, 0.3) is 0 Å². The number of nitrogens with zero attached hydrogens (tertiary/aromatic N) is 1.